The lowest BCUT2D eigenvalue weighted by Crippen LogP contribution is -2.33. The molecule has 0 amide bonds. The van der Waals surface area contributed by atoms with Crippen LogP contribution in [-0.4, -0.2) is 12.6 Å². The number of nitrogens with two attached hydrogens (primary N) is 1. The number of nitrogens with one attached hydrogen (secondary N) is 1. The van der Waals surface area contributed by atoms with Gasteiger partial charge in [0.1, 0.15) is 0 Å². The summed E-state index contributed by atoms with van der Waals surface area (Å²) >= 11 is 0. The van der Waals surface area contributed by atoms with Crippen LogP contribution in [0, 0.1) is 24.2 Å². The summed E-state index contributed by atoms with van der Waals surface area (Å²) in [5.41, 5.74) is 8.44. The molecule has 0 aliphatic heterocycles. The second-order valence-corrected chi connectivity index (χ2v) is 4.37. The number of anilines is 1. The fourth-order valence-corrected chi connectivity index (χ4v) is 1.59. The Balaban J connectivity index is 2.83. The van der Waals surface area contributed by atoms with Crippen LogP contribution in [0.2, 0.25) is 0 Å². The molecule has 3 nitrogen and oxygen atoms in total. The summed E-state index contributed by atoms with van der Waals surface area (Å²) in [6, 6.07) is 8.19. The lowest BCUT2D eigenvalue weighted by molar-refractivity contribution is 0.531. The standard InChI is InChI=1S/C13H19N3/c1-9(2)13(8-15)16-12-5-4-11(7-14)10(3)6-12/h4-6,9,13,16H,8,15H2,1-3H3. The molecule has 1 unspecified atom stereocenters. The first-order valence-electron chi connectivity index (χ1n) is 5.55. The van der Waals surface area contributed by atoms with Gasteiger partial charge in [-0.3, -0.25) is 0 Å². The molecule has 1 aromatic carbocycles. The monoisotopic (exact) mass is 217 g/mol. The van der Waals surface area contributed by atoms with Gasteiger partial charge < -0.3 is 11.1 Å². The third-order valence-electron chi connectivity index (χ3n) is 2.76. The van der Waals surface area contributed by atoms with Gasteiger partial charge in [0.15, 0.2) is 0 Å². The highest BCUT2D eigenvalue weighted by Gasteiger charge is 2.11. The highest BCUT2D eigenvalue weighted by Crippen LogP contribution is 2.16. The molecule has 0 aromatic heterocycles. The van der Waals surface area contributed by atoms with Gasteiger partial charge in [-0.1, -0.05) is 13.8 Å². The molecule has 1 atom stereocenters. The Bertz CT molecular complexity index is 391. The Labute approximate surface area is 97.3 Å². The van der Waals surface area contributed by atoms with Crippen LogP contribution in [0.25, 0.3) is 0 Å². The average molecular weight is 217 g/mol. The van der Waals surface area contributed by atoms with Crippen LogP contribution in [0.1, 0.15) is 25.0 Å². The third kappa shape index (κ3) is 2.98. The summed E-state index contributed by atoms with van der Waals surface area (Å²) in [6.07, 6.45) is 0. The van der Waals surface area contributed by atoms with Crippen LogP contribution >= 0.6 is 0 Å². The first-order chi connectivity index (χ1) is 7.58. The minimum Gasteiger partial charge on any atom is -0.381 e. The Kier molecular flexibility index (Phi) is 4.33. The molecule has 0 bridgehead atoms. The zero-order valence-corrected chi connectivity index (χ0v) is 10.1. The summed E-state index contributed by atoms with van der Waals surface area (Å²) in [5.74, 6) is 0.487. The summed E-state index contributed by atoms with van der Waals surface area (Å²) in [5, 5.41) is 12.2. The molecule has 0 fully saturated rings. The first kappa shape index (κ1) is 12.5. The van der Waals surface area contributed by atoms with Crippen LogP contribution in [0.4, 0.5) is 5.69 Å². The number of aryl methyl sites for hydroxylation is 1. The number of nitriles is 1. The maximum Gasteiger partial charge on any atom is 0.0994 e. The van der Waals surface area contributed by atoms with Gasteiger partial charge in [0.05, 0.1) is 11.6 Å². The van der Waals surface area contributed by atoms with Gasteiger partial charge in [-0.15, -0.1) is 0 Å². The molecule has 0 radical (unpaired) electrons. The smallest absolute Gasteiger partial charge is 0.0994 e. The molecule has 0 spiro atoms. The minimum absolute atomic E-state index is 0.271. The quantitative estimate of drug-likeness (QED) is 0.813. The molecular weight excluding hydrogens is 198 g/mol. The van der Waals surface area contributed by atoms with E-state index < -0.39 is 0 Å². The van der Waals surface area contributed by atoms with Gasteiger partial charge in [-0.2, -0.15) is 5.26 Å². The van der Waals surface area contributed by atoms with Gasteiger partial charge >= 0.3 is 0 Å². The van der Waals surface area contributed by atoms with Crippen molar-refractivity contribution in [1.82, 2.24) is 0 Å². The van der Waals surface area contributed by atoms with E-state index in [0.717, 1.165) is 16.8 Å². The minimum atomic E-state index is 0.271. The number of rotatable bonds is 4. The van der Waals surface area contributed by atoms with Crippen LogP contribution in [-0.2, 0) is 0 Å². The van der Waals surface area contributed by atoms with E-state index in [2.05, 4.69) is 25.2 Å². The van der Waals surface area contributed by atoms with Crippen molar-refractivity contribution in [3.8, 4) is 6.07 Å². The normalized spacial score (nSPS) is 12.2. The maximum absolute atomic E-state index is 8.84. The molecule has 3 N–H and O–H groups in total. The van der Waals surface area contributed by atoms with E-state index in [9.17, 15) is 0 Å². The van der Waals surface area contributed by atoms with Crippen molar-refractivity contribution >= 4 is 5.69 Å². The van der Waals surface area contributed by atoms with Crippen molar-refractivity contribution < 1.29 is 0 Å². The Hall–Kier alpha value is -1.53. The van der Waals surface area contributed by atoms with E-state index >= 15 is 0 Å². The molecule has 86 valence electrons. The van der Waals surface area contributed by atoms with Crippen molar-refractivity contribution in [1.29, 1.82) is 5.26 Å². The Morgan fingerprint density at radius 3 is 2.56 bits per heavy atom. The van der Waals surface area contributed by atoms with Gasteiger partial charge in [-0.25, -0.2) is 0 Å². The first-order valence-corrected chi connectivity index (χ1v) is 5.55. The molecule has 0 saturated carbocycles. The second kappa shape index (κ2) is 5.53. The van der Waals surface area contributed by atoms with Crippen molar-refractivity contribution in [2.75, 3.05) is 11.9 Å². The Morgan fingerprint density at radius 2 is 2.12 bits per heavy atom. The number of nitrogens with zero attached hydrogens (tertiary/aromatic N) is 1. The largest absolute Gasteiger partial charge is 0.381 e. The SMILES string of the molecule is Cc1cc(NC(CN)C(C)C)ccc1C#N. The van der Waals surface area contributed by atoms with Gasteiger partial charge in [-0.05, 0) is 36.6 Å². The molecule has 1 rings (SSSR count). The number of hydrogen-bond donors (Lipinski definition) is 2. The van der Waals surface area contributed by atoms with Crippen molar-refractivity contribution in [2.45, 2.75) is 26.8 Å². The van der Waals surface area contributed by atoms with Crippen LogP contribution < -0.4 is 11.1 Å². The van der Waals surface area contributed by atoms with E-state index in [4.69, 9.17) is 11.0 Å². The molecular formula is C13H19N3. The van der Waals surface area contributed by atoms with E-state index in [0.29, 0.717) is 12.5 Å². The van der Waals surface area contributed by atoms with Crippen molar-refractivity contribution in [3.63, 3.8) is 0 Å². The van der Waals surface area contributed by atoms with E-state index in [1.54, 1.807) is 0 Å². The predicted molar refractivity (Wildman–Crippen MR) is 67.2 cm³/mol. The molecule has 0 saturated heterocycles. The summed E-state index contributed by atoms with van der Waals surface area (Å²) < 4.78 is 0. The van der Waals surface area contributed by atoms with Crippen molar-refractivity contribution in [2.24, 2.45) is 11.7 Å². The topological polar surface area (TPSA) is 61.8 Å². The summed E-state index contributed by atoms with van der Waals surface area (Å²) in [4.78, 5) is 0. The summed E-state index contributed by atoms with van der Waals surface area (Å²) in [6.45, 7) is 6.83. The Morgan fingerprint density at radius 1 is 1.44 bits per heavy atom. The highest BCUT2D eigenvalue weighted by molar-refractivity contribution is 5.52. The average Bonchev–Trinajstić information content (AvgIpc) is 2.25. The highest BCUT2D eigenvalue weighted by atomic mass is 14.9. The van der Waals surface area contributed by atoms with E-state index in [1.807, 2.05) is 25.1 Å². The van der Waals surface area contributed by atoms with Crippen LogP contribution in [0.5, 0.6) is 0 Å². The molecule has 0 aliphatic carbocycles. The molecule has 0 heterocycles. The fraction of sp³-hybridized carbons (Fsp3) is 0.462. The van der Waals surface area contributed by atoms with Crippen LogP contribution in [0.3, 0.4) is 0 Å². The lowest BCUT2D eigenvalue weighted by Gasteiger charge is -2.22. The van der Waals surface area contributed by atoms with Crippen molar-refractivity contribution in [3.05, 3.63) is 29.3 Å². The lowest BCUT2D eigenvalue weighted by atomic mass is 10.0. The maximum atomic E-state index is 8.84. The van der Waals surface area contributed by atoms with E-state index in [-0.39, 0.29) is 6.04 Å². The molecule has 3 heteroatoms. The zero-order valence-electron chi connectivity index (χ0n) is 10.1. The summed E-state index contributed by atoms with van der Waals surface area (Å²) in [7, 11) is 0. The number of benzene rings is 1. The predicted octanol–water partition coefficient (Wildman–Crippen LogP) is 2.26. The zero-order chi connectivity index (χ0) is 12.1. The van der Waals surface area contributed by atoms with Gasteiger partial charge in [0.2, 0.25) is 0 Å². The van der Waals surface area contributed by atoms with Crippen LogP contribution in [0.15, 0.2) is 18.2 Å². The second-order valence-electron chi connectivity index (χ2n) is 4.37. The number of hydrogen-bond acceptors (Lipinski definition) is 3. The van der Waals surface area contributed by atoms with Gasteiger partial charge in [0, 0.05) is 18.3 Å². The van der Waals surface area contributed by atoms with E-state index in [1.165, 1.54) is 0 Å². The molecule has 1 aromatic rings. The molecule has 16 heavy (non-hydrogen) atoms. The molecule has 0 aliphatic rings. The fourth-order valence-electron chi connectivity index (χ4n) is 1.59. The van der Waals surface area contributed by atoms with Gasteiger partial charge in [0.25, 0.3) is 0 Å². The third-order valence-corrected chi connectivity index (χ3v) is 2.76.